The van der Waals surface area contributed by atoms with Gasteiger partial charge in [0.05, 0.1) is 6.20 Å². The molecule has 1 aliphatic heterocycles. The van der Waals surface area contributed by atoms with E-state index in [9.17, 15) is 0 Å². The van der Waals surface area contributed by atoms with Crippen molar-refractivity contribution in [2.24, 2.45) is 18.0 Å². The molecule has 2 unspecified atom stereocenters. The summed E-state index contributed by atoms with van der Waals surface area (Å²) in [7, 11) is 3.88. The lowest BCUT2D eigenvalue weighted by Gasteiger charge is -2.37. The standard InChI is InChI=1S/C25H40N6/c1-6-25(7-2,29-20(3)23-11-9-8-10-12-23)19-27-24(26-4)31-14-13-21(18-31)15-22-16-28-30(5)17-22/h8-12,16-17,20-21,29H,6-7,13-15,18-19H2,1-5H3,(H,26,27). The van der Waals surface area contributed by atoms with Gasteiger partial charge in [-0.1, -0.05) is 44.2 Å². The third kappa shape index (κ3) is 6.10. The second-order valence-electron chi connectivity index (χ2n) is 8.99. The number of aromatic nitrogens is 2. The molecule has 2 atom stereocenters. The minimum Gasteiger partial charge on any atom is -0.354 e. The molecule has 3 rings (SSSR count). The number of guanidine groups is 1. The van der Waals surface area contributed by atoms with E-state index in [-0.39, 0.29) is 5.54 Å². The summed E-state index contributed by atoms with van der Waals surface area (Å²) in [6.45, 7) is 9.79. The Balaban J connectivity index is 1.57. The molecule has 1 aliphatic rings. The molecule has 0 amide bonds. The van der Waals surface area contributed by atoms with Crippen LogP contribution in [0, 0.1) is 5.92 Å². The van der Waals surface area contributed by atoms with Gasteiger partial charge in [-0.25, -0.2) is 0 Å². The second-order valence-corrected chi connectivity index (χ2v) is 8.99. The smallest absolute Gasteiger partial charge is 0.193 e. The van der Waals surface area contributed by atoms with E-state index in [1.807, 2.05) is 25.0 Å². The Morgan fingerprint density at radius 2 is 2.00 bits per heavy atom. The van der Waals surface area contributed by atoms with Crippen LogP contribution >= 0.6 is 0 Å². The molecule has 1 fully saturated rings. The molecule has 1 aromatic heterocycles. The van der Waals surface area contributed by atoms with Gasteiger partial charge >= 0.3 is 0 Å². The number of rotatable bonds is 9. The first-order valence-corrected chi connectivity index (χ1v) is 11.7. The number of nitrogens with one attached hydrogen (secondary N) is 2. The van der Waals surface area contributed by atoms with Crippen LogP contribution in [0.15, 0.2) is 47.7 Å². The zero-order chi connectivity index (χ0) is 22.3. The molecule has 0 saturated carbocycles. The third-order valence-electron chi connectivity index (χ3n) is 6.84. The Hall–Kier alpha value is -2.34. The van der Waals surface area contributed by atoms with Crippen molar-refractivity contribution in [1.29, 1.82) is 0 Å². The van der Waals surface area contributed by atoms with Crippen molar-refractivity contribution in [2.75, 3.05) is 26.7 Å². The molecule has 0 bridgehead atoms. The number of aryl methyl sites for hydroxylation is 1. The van der Waals surface area contributed by atoms with Gasteiger partial charge in [0.25, 0.3) is 0 Å². The summed E-state index contributed by atoms with van der Waals surface area (Å²) >= 11 is 0. The molecule has 6 heteroatoms. The third-order valence-corrected chi connectivity index (χ3v) is 6.84. The lowest BCUT2D eigenvalue weighted by Crippen LogP contribution is -2.55. The van der Waals surface area contributed by atoms with E-state index < -0.39 is 0 Å². The summed E-state index contributed by atoms with van der Waals surface area (Å²) < 4.78 is 1.89. The highest BCUT2D eigenvalue weighted by atomic mass is 15.3. The molecule has 2 heterocycles. The normalized spacial score (nSPS) is 18.4. The second kappa shape index (κ2) is 10.8. The van der Waals surface area contributed by atoms with Gasteiger partial charge in [0.1, 0.15) is 0 Å². The van der Waals surface area contributed by atoms with Crippen LogP contribution in [0.3, 0.4) is 0 Å². The fourth-order valence-corrected chi connectivity index (χ4v) is 4.72. The zero-order valence-corrected chi connectivity index (χ0v) is 19.9. The SMILES string of the molecule is CCC(CC)(CNC(=NC)N1CCC(Cc2cnn(C)c2)C1)NC(C)c1ccccc1. The summed E-state index contributed by atoms with van der Waals surface area (Å²) in [4.78, 5) is 7.03. The Bertz CT molecular complexity index is 824. The quantitative estimate of drug-likeness (QED) is 0.475. The van der Waals surface area contributed by atoms with Crippen LogP contribution < -0.4 is 10.6 Å². The van der Waals surface area contributed by atoms with Gasteiger partial charge < -0.3 is 15.5 Å². The van der Waals surface area contributed by atoms with E-state index in [0.717, 1.165) is 44.9 Å². The molecule has 1 aromatic carbocycles. The van der Waals surface area contributed by atoms with E-state index in [2.05, 4.69) is 82.9 Å². The van der Waals surface area contributed by atoms with E-state index in [1.54, 1.807) is 0 Å². The molecular weight excluding hydrogens is 384 g/mol. The van der Waals surface area contributed by atoms with Gasteiger partial charge in [-0.15, -0.1) is 0 Å². The van der Waals surface area contributed by atoms with Gasteiger partial charge in [-0.2, -0.15) is 5.10 Å². The van der Waals surface area contributed by atoms with Crippen molar-refractivity contribution in [3.8, 4) is 0 Å². The van der Waals surface area contributed by atoms with Gasteiger partial charge in [0.2, 0.25) is 0 Å². The Morgan fingerprint density at radius 1 is 1.26 bits per heavy atom. The highest BCUT2D eigenvalue weighted by Crippen LogP contribution is 2.23. The summed E-state index contributed by atoms with van der Waals surface area (Å²) in [5.74, 6) is 1.68. The van der Waals surface area contributed by atoms with Crippen LogP contribution in [0.4, 0.5) is 0 Å². The van der Waals surface area contributed by atoms with Crippen molar-refractivity contribution in [3.63, 3.8) is 0 Å². The minimum atomic E-state index is 0.0278. The summed E-state index contributed by atoms with van der Waals surface area (Å²) in [6.07, 6.45) is 8.54. The topological polar surface area (TPSA) is 57.5 Å². The molecule has 0 spiro atoms. The summed E-state index contributed by atoms with van der Waals surface area (Å²) in [5, 5.41) is 11.9. The fraction of sp³-hybridized carbons (Fsp3) is 0.600. The minimum absolute atomic E-state index is 0.0278. The summed E-state index contributed by atoms with van der Waals surface area (Å²) in [6, 6.07) is 11.0. The highest BCUT2D eigenvalue weighted by molar-refractivity contribution is 5.80. The average molecular weight is 425 g/mol. The number of hydrogen-bond donors (Lipinski definition) is 2. The van der Waals surface area contributed by atoms with Gasteiger partial charge in [-0.05, 0) is 49.7 Å². The van der Waals surface area contributed by atoms with Crippen LogP contribution in [0.25, 0.3) is 0 Å². The molecule has 2 aromatic rings. The van der Waals surface area contributed by atoms with E-state index >= 15 is 0 Å². The zero-order valence-electron chi connectivity index (χ0n) is 19.9. The van der Waals surface area contributed by atoms with Crippen LogP contribution in [-0.2, 0) is 13.5 Å². The van der Waals surface area contributed by atoms with Crippen LogP contribution in [0.5, 0.6) is 0 Å². The monoisotopic (exact) mass is 424 g/mol. The Morgan fingerprint density at radius 3 is 2.61 bits per heavy atom. The molecule has 170 valence electrons. The van der Waals surface area contributed by atoms with Crippen LogP contribution in [-0.4, -0.2) is 52.9 Å². The van der Waals surface area contributed by atoms with Crippen molar-refractivity contribution >= 4 is 5.96 Å². The first-order chi connectivity index (χ1) is 15.0. The van der Waals surface area contributed by atoms with E-state index in [4.69, 9.17) is 0 Å². The van der Waals surface area contributed by atoms with Crippen LogP contribution in [0.2, 0.25) is 0 Å². The van der Waals surface area contributed by atoms with Gasteiger partial charge in [0.15, 0.2) is 5.96 Å². The Kier molecular flexibility index (Phi) is 8.13. The van der Waals surface area contributed by atoms with Crippen molar-refractivity contribution in [3.05, 3.63) is 53.9 Å². The van der Waals surface area contributed by atoms with Crippen molar-refractivity contribution in [2.45, 2.75) is 58.0 Å². The maximum atomic E-state index is 4.61. The van der Waals surface area contributed by atoms with Crippen molar-refractivity contribution < 1.29 is 0 Å². The summed E-state index contributed by atoms with van der Waals surface area (Å²) in [5.41, 5.74) is 2.68. The lowest BCUT2D eigenvalue weighted by molar-refractivity contribution is 0.268. The maximum absolute atomic E-state index is 4.61. The Labute approximate surface area is 188 Å². The molecule has 2 N–H and O–H groups in total. The average Bonchev–Trinajstić information content (AvgIpc) is 3.43. The van der Waals surface area contributed by atoms with Gasteiger partial charge in [0, 0.05) is 51.5 Å². The molecule has 0 aliphatic carbocycles. The number of benzene rings is 1. The first-order valence-electron chi connectivity index (χ1n) is 11.7. The molecular formula is C25H40N6. The predicted molar refractivity (Wildman–Crippen MR) is 129 cm³/mol. The highest BCUT2D eigenvalue weighted by Gasteiger charge is 2.30. The predicted octanol–water partition coefficient (Wildman–Crippen LogP) is 3.77. The van der Waals surface area contributed by atoms with Gasteiger partial charge in [-0.3, -0.25) is 9.67 Å². The largest absolute Gasteiger partial charge is 0.354 e. The van der Waals surface area contributed by atoms with Crippen LogP contribution in [0.1, 0.15) is 57.2 Å². The van der Waals surface area contributed by atoms with Crippen molar-refractivity contribution in [1.82, 2.24) is 25.3 Å². The number of nitrogens with zero attached hydrogens (tertiary/aromatic N) is 4. The van der Waals surface area contributed by atoms with E-state index in [0.29, 0.717) is 12.0 Å². The number of likely N-dealkylation sites (tertiary alicyclic amines) is 1. The van der Waals surface area contributed by atoms with E-state index in [1.165, 1.54) is 17.5 Å². The molecule has 1 saturated heterocycles. The lowest BCUT2D eigenvalue weighted by atomic mass is 9.90. The molecule has 0 radical (unpaired) electrons. The molecule has 31 heavy (non-hydrogen) atoms. The molecule has 6 nitrogen and oxygen atoms in total. The number of aliphatic imine (C=N–C) groups is 1. The first kappa shape index (κ1) is 23.3. The maximum Gasteiger partial charge on any atom is 0.193 e. The number of hydrogen-bond acceptors (Lipinski definition) is 3. The fourth-order valence-electron chi connectivity index (χ4n) is 4.72.